The molecule has 1 fully saturated rings. The molecule has 5 nitrogen and oxygen atoms in total. The molecule has 2 unspecified atom stereocenters. The quantitative estimate of drug-likeness (QED) is 0.874. The molecule has 1 saturated heterocycles. The standard InChI is InChI=1S/C14H24N4OS/c1-14(2,3)12(8-18-6-4-15-10-18)17-13(19)11-9-20-7-5-16-11/h4,6,10-12,16H,5,7-9H2,1-3H3,(H,17,19). The van der Waals surface area contributed by atoms with Crippen LogP contribution in [0.5, 0.6) is 0 Å². The molecule has 1 amide bonds. The molecule has 0 bridgehead atoms. The van der Waals surface area contributed by atoms with Crippen molar-refractivity contribution in [2.75, 3.05) is 18.1 Å². The normalized spacial score (nSPS) is 21.4. The maximum atomic E-state index is 12.4. The summed E-state index contributed by atoms with van der Waals surface area (Å²) in [6.45, 7) is 8.10. The Kier molecular flexibility index (Phi) is 5.10. The van der Waals surface area contributed by atoms with Gasteiger partial charge >= 0.3 is 0 Å². The van der Waals surface area contributed by atoms with Crippen LogP contribution in [-0.4, -0.2) is 45.6 Å². The lowest BCUT2D eigenvalue weighted by atomic mass is 9.86. The van der Waals surface area contributed by atoms with E-state index in [1.807, 2.05) is 22.5 Å². The molecule has 6 heteroatoms. The molecule has 2 rings (SSSR count). The first-order valence-electron chi connectivity index (χ1n) is 7.04. The van der Waals surface area contributed by atoms with Crippen LogP contribution in [0.25, 0.3) is 0 Å². The van der Waals surface area contributed by atoms with E-state index < -0.39 is 0 Å². The molecular formula is C14H24N4OS. The van der Waals surface area contributed by atoms with Gasteiger partial charge in [-0.2, -0.15) is 11.8 Å². The number of hydrogen-bond donors (Lipinski definition) is 2. The highest BCUT2D eigenvalue weighted by Gasteiger charge is 2.29. The van der Waals surface area contributed by atoms with E-state index in [2.05, 4.69) is 36.4 Å². The highest BCUT2D eigenvalue weighted by molar-refractivity contribution is 7.99. The molecular weight excluding hydrogens is 272 g/mol. The van der Waals surface area contributed by atoms with Crippen molar-refractivity contribution in [3.05, 3.63) is 18.7 Å². The lowest BCUT2D eigenvalue weighted by molar-refractivity contribution is -0.124. The summed E-state index contributed by atoms with van der Waals surface area (Å²) in [5.41, 5.74) is 0.00173. The fraction of sp³-hybridized carbons (Fsp3) is 0.714. The fourth-order valence-corrected chi connectivity index (χ4v) is 3.08. The average molecular weight is 296 g/mol. The Balaban J connectivity index is 1.98. The van der Waals surface area contributed by atoms with Crippen LogP contribution in [0.3, 0.4) is 0 Å². The van der Waals surface area contributed by atoms with Gasteiger partial charge in [0.05, 0.1) is 18.4 Å². The molecule has 0 spiro atoms. The second kappa shape index (κ2) is 6.63. The second-order valence-electron chi connectivity index (χ2n) is 6.27. The second-order valence-corrected chi connectivity index (χ2v) is 7.42. The summed E-state index contributed by atoms with van der Waals surface area (Å²) in [5, 5.41) is 6.48. The maximum Gasteiger partial charge on any atom is 0.238 e. The average Bonchev–Trinajstić information content (AvgIpc) is 2.91. The molecule has 2 N–H and O–H groups in total. The van der Waals surface area contributed by atoms with Gasteiger partial charge in [0, 0.05) is 37.0 Å². The molecule has 112 valence electrons. The van der Waals surface area contributed by atoms with Crippen LogP contribution in [0.1, 0.15) is 20.8 Å². The predicted molar refractivity (Wildman–Crippen MR) is 82.7 cm³/mol. The first-order chi connectivity index (χ1) is 9.47. The number of nitrogens with one attached hydrogen (secondary N) is 2. The minimum absolute atomic E-state index is 0.00173. The van der Waals surface area contributed by atoms with Crippen LogP contribution in [0.2, 0.25) is 0 Å². The minimum atomic E-state index is -0.0682. The predicted octanol–water partition coefficient (Wildman–Crippen LogP) is 1.12. The highest BCUT2D eigenvalue weighted by Crippen LogP contribution is 2.21. The Hall–Kier alpha value is -1.01. The molecule has 0 saturated carbocycles. The van der Waals surface area contributed by atoms with E-state index in [0.717, 1.165) is 24.6 Å². The van der Waals surface area contributed by atoms with Crippen molar-refractivity contribution in [3.63, 3.8) is 0 Å². The molecule has 20 heavy (non-hydrogen) atoms. The first kappa shape index (κ1) is 15.4. The SMILES string of the molecule is CC(C)(C)C(Cn1ccnc1)NC(=O)C1CSCCN1. The minimum Gasteiger partial charge on any atom is -0.350 e. The Morgan fingerprint density at radius 2 is 2.40 bits per heavy atom. The Bertz CT molecular complexity index is 421. The molecule has 1 aromatic rings. The van der Waals surface area contributed by atoms with Crippen LogP contribution in [-0.2, 0) is 11.3 Å². The third-order valence-electron chi connectivity index (χ3n) is 3.55. The number of hydrogen-bond acceptors (Lipinski definition) is 4. The summed E-state index contributed by atoms with van der Waals surface area (Å²) in [4.78, 5) is 16.4. The molecule has 2 atom stereocenters. The lowest BCUT2D eigenvalue weighted by Crippen LogP contribution is -2.55. The molecule has 0 radical (unpaired) electrons. The van der Waals surface area contributed by atoms with Crippen molar-refractivity contribution in [1.82, 2.24) is 20.2 Å². The molecule has 1 aliphatic heterocycles. The zero-order valence-corrected chi connectivity index (χ0v) is 13.2. The van der Waals surface area contributed by atoms with E-state index in [4.69, 9.17) is 0 Å². The summed E-state index contributed by atoms with van der Waals surface area (Å²) in [7, 11) is 0. The van der Waals surface area contributed by atoms with E-state index in [9.17, 15) is 4.79 Å². The summed E-state index contributed by atoms with van der Waals surface area (Å²) in [5.74, 6) is 2.05. The molecule has 1 aromatic heterocycles. The van der Waals surface area contributed by atoms with Gasteiger partial charge < -0.3 is 15.2 Å². The van der Waals surface area contributed by atoms with Crippen molar-refractivity contribution in [2.24, 2.45) is 5.41 Å². The smallest absolute Gasteiger partial charge is 0.238 e. The molecule has 2 heterocycles. The zero-order chi connectivity index (χ0) is 14.6. The number of amides is 1. The number of rotatable bonds is 4. The fourth-order valence-electron chi connectivity index (χ4n) is 2.15. The van der Waals surface area contributed by atoms with Gasteiger partial charge in [-0.25, -0.2) is 4.98 Å². The van der Waals surface area contributed by atoms with Crippen LogP contribution in [0, 0.1) is 5.41 Å². The number of carbonyl (C=O) groups excluding carboxylic acids is 1. The number of imidazole rings is 1. The molecule has 0 aliphatic carbocycles. The summed E-state index contributed by atoms with van der Waals surface area (Å²) in [6, 6.07) is 0.0133. The Morgan fingerprint density at radius 1 is 1.60 bits per heavy atom. The van der Waals surface area contributed by atoms with Crippen molar-refractivity contribution in [1.29, 1.82) is 0 Å². The third kappa shape index (κ3) is 4.24. The van der Waals surface area contributed by atoms with Gasteiger partial charge in [0.1, 0.15) is 0 Å². The topological polar surface area (TPSA) is 59.0 Å². The number of thioether (sulfide) groups is 1. The van der Waals surface area contributed by atoms with Gasteiger partial charge in [-0.05, 0) is 5.41 Å². The van der Waals surface area contributed by atoms with E-state index in [-0.39, 0.29) is 23.4 Å². The van der Waals surface area contributed by atoms with E-state index in [0.29, 0.717) is 0 Å². The van der Waals surface area contributed by atoms with Gasteiger partial charge in [0.25, 0.3) is 0 Å². The van der Waals surface area contributed by atoms with Crippen LogP contribution >= 0.6 is 11.8 Å². The zero-order valence-electron chi connectivity index (χ0n) is 12.4. The van der Waals surface area contributed by atoms with Gasteiger partial charge in [0.15, 0.2) is 0 Å². The van der Waals surface area contributed by atoms with E-state index in [1.54, 1.807) is 12.5 Å². The van der Waals surface area contributed by atoms with Crippen LogP contribution < -0.4 is 10.6 Å². The van der Waals surface area contributed by atoms with Crippen molar-refractivity contribution in [3.8, 4) is 0 Å². The number of nitrogens with zero attached hydrogens (tertiary/aromatic N) is 2. The Labute approximate surface area is 124 Å². The van der Waals surface area contributed by atoms with Crippen molar-refractivity contribution >= 4 is 17.7 Å². The van der Waals surface area contributed by atoms with Gasteiger partial charge in [-0.1, -0.05) is 20.8 Å². The maximum absolute atomic E-state index is 12.4. The monoisotopic (exact) mass is 296 g/mol. The molecule has 0 aromatic carbocycles. The first-order valence-corrected chi connectivity index (χ1v) is 8.19. The Morgan fingerprint density at radius 3 is 2.95 bits per heavy atom. The van der Waals surface area contributed by atoms with Crippen LogP contribution in [0.4, 0.5) is 0 Å². The van der Waals surface area contributed by atoms with E-state index >= 15 is 0 Å². The highest BCUT2D eigenvalue weighted by atomic mass is 32.2. The molecule has 1 aliphatic rings. The van der Waals surface area contributed by atoms with Crippen LogP contribution in [0.15, 0.2) is 18.7 Å². The largest absolute Gasteiger partial charge is 0.350 e. The van der Waals surface area contributed by atoms with E-state index in [1.165, 1.54) is 0 Å². The van der Waals surface area contributed by atoms with Gasteiger partial charge in [0.2, 0.25) is 5.91 Å². The summed E-state index contributed by atoms with van der Waals surface area (Å²) >= 11 is 1.83. The third-order valence-corrected chi connectivity index (χ3v) is 4.61. The number of carbonyl (C=O) groups is 1. The van der Waals surface area contributed by atoms with Crippen molar-refractivity contribution in [2.45, 2.75) is 39.4 Å². The summed E-state index contributed by atoms with van der Waals surface area (Å²) in [6.07, 6.45) is 5.49. The lowest BCUT2D eigenvalue weighted by Gasteiger charge is -2.33. The van der Waals surface area contributed by atoms with Gasteiger partial charge in [-0.3, -0.25) is 4.79 Å². The number of aromatic nitrogens is 2. The summed E-state index contributed by atoms with van der Waals surface area (Å²) < 4.78 is 2.01. The van der Waals surface area contributed by atoms with Crippen molar-refractivity contribution < 1.29 is 4.79 Å². The van der Waals surface area contributed by atoms with Gasteiger partial charge in [-0.15, -0.1) is 0 Å².